The van der Waals surface area contributed by atoms with E-state index in [-0.39, 0.29) is 0 Å². The van der Waals surface area contributed by atoms with E-state index in [1.165, 1.54) is 0 Å². The van der Waals surface area contributed by atoms with Crippen LogP contribution in [0.4, 0.5) is 0 Å². The minimum atomic E-state index is 0.532. The molecule has 14 heavy (non-hydrogen) atoms. The van der Waals surface area contributed by atoms with Crippen LogP contribution in [-0.4, -0.2) is 20.5 Å². The molecule has 0 saturated heterocycles. The van der Waals surface area contributed by atoms with Crippen LogP contribution in [-0.2, 0) is 6.54 Å². The van der Waals surface area contributed by atoms with Crippen molar-refractivity contribution in [3.63, 3.8) is 0 Å². The van der Waals surface area contributed by atoms with Gasteiger partial charge >= 0.3 is 0 Å². The molecule has 4 nitrogen and oxygen atoms in total. The van der Waals surface area contributed by atoms with E-state index in [0.29, 0.717) is 13.0 Å². The molecule has 0 atom stereocenters. The number of aromatic nitrogens is 3. The Morgan fingerprint density at radius 3 is 3.07 bits per heavy atom. The van der Waals surface area contributed by atoms with Gasteiger partial charge < -0.3 is 4.57 Å². The van der Waals surface area contributed by atoms with Crippen molar-refractivity contribution in [2.75, 3.05) is 5.75 Å². The summed E-state index contributed by atoms with van der Waals surface area (Å²) < 4.78 is 1.98. The second-order valence-electron chi connectivity index (χ2n) is 2.69. The lowest BCUT2D eigenvalue weighted by atomic mass is 10.6. The van der Waals surface area contributed by atoms with Gasteiger partial charge in [-0.05, 0) is 6.92 Å². The fourth-order valence-corrected chi connectivity index (χ4v) is 1.83. The molecule has 0 aliphatic rings. The molecule has 0 saturated carbocycles. The van der Waals surface area contributed by atoms with Gasteiger partial charge in [0, 0.05) is 18.7 Å². The summed E-state index contributed by atoms with van der Waals surface area (Å²) in [4.78, 5) is 0. The topological polar surface area (TPSA) is 54.5 Å². The molecule has 0 aromatic carbocycles. The molecule has 1 aromatic rings. The van der Waals surface area contributed by atoms with Crippen molar-refractivity contribution < 1.29 is 0 Å². The second-order valence-corrected chi connectivity index (χ2v) is 3.75. The zero-order valence-corrected chi connectivity index (χ0v) is 8.92. The SMILES string of the molecule is C=CCn1c(C)nnc1SCCC#N. The summed E-state index contributed by atoms with van der Waals surface area (Å²) in [6.45, 7) is 6.30. The van der Waals surface area contributed by atoms with Gasteiger partial charge in [-0.2, -0.15) is 5.26 Å². The number of nitriles is 1. The number of rotatable bonds is 5. The molecule has 1 aromatic heterocycles. The van der Waals surface area contributed by atoms with Crippen LogP contribution < -0.4 is 0 Å². The van der Waals surface area contributed by atoms with E-state index in [1.54, 1.807) is 11.8 Å². The van der Waals surface area contributed by atoms with Crippen molar-refractivity contribution >= 4 is 11.8 Å². The lowest BCUT2D eigenvalue weighted by Gasteiger charge is -2.03. The molecular weight excluding hydrogens is 196 g/mol. The number of hydrogen-bond acceptors (Lipinski definition) is 4. The molecule has 1 heterocycles. The van der Waals surface area contributed by atoms with Gasteiger partial charge in [-0.1, -0.05) is 17.8 Å². The molecule has 1 rings (SSSR count). The average molecular weight is 208 g/mol. The zero-order chi connectivity index (χ0) is 10.4. The number of thioether (sulfide) groups is 1. The van der Waals surface area contributed by atoms with E-state index in [1.807, 2.05) is 17.6 Å². The number of nitrogens with zero attached hydrogens (tertiary/aromatic N) is 4. The molecule has 0 unspecified atom stereocenters. The van der Waals surface area contributed by atoms with Crippen LogP contribution in [0.1, 0.15) is 12.2 Å². The minimum Gasteiger partial charge on any atom is -0.302 e. The fraction of sp³-hybridized carbons (Fsp3) is 0.444. The summed E-state index contributed by atoms with van der Waals surface area (Å²) in [5, 5.41) is 17.3. The van der Waals surface area contributed by atoms with Crippen LogP contribution in [0.3, 0.4) is 0 Å². The van der Waals surface area contributed by atoms with Crippen molar-refractivity contribution in [2.24, 2.45) is 0 Å². The molecule has 74 valence electrons. The van der Waals surface area contributed by atoms with E-state index in [4.69, 9.17) is 5.26 Å². The molecule has 0 aliphatic heterocycles. The smallest absolute Gasteiger partial charge is 0.191 e. The van der Waals surface area contributed by atoms with Gasteiger partial charge in [0.25, 0.3) is 0 Å². The van der Waals surface area contributed by atoms with Crippen LogP contribution in [0.5, 0.6) is 0 Å². The number of aryl methyl sites for hydroxylation is 1. The Bertz CT molecular complexity index is 350. The minimum absolute atomic E-state index is 0.532. The largest absolute Gasteiger partial charge is 0.302 e. The van der Waals surface area contributed by atoms with Gasteiger partial charge in [-0.15, -0.1) is 16.8 Å². The Morgan fingerprint density at radius 2 is 2.43 bits per heavy atom. The maximum Gasteiger partial charge on any atom is 0.191 e. The predicted octanol–water partition coefficient (Wildman–Crippen LogP) is 1.78. The van der Waals surface area contributed by atoms with E-state index >= 15 is 0 Å². The van der Waals surface area contributed by atoms with Crippen molar-refractivity contribution in [2.45, 2.75) is 25.0 Å². The average Bonchev–Trinajstić information content (AvgIpc) is 2.51. The predicted molar refractivity (Wildman–Crippen MR) is 55.9 cm³/mol. The first-order chi connectivity index (χ1) is 6.79. The quantitative estimate of drug-likeness (QED) is 0.420. The van der Waals surface area contributed by atoms with Gasteiger partial charge in [0.1, 0.15) is 5.82 Å². The third kappa shape index (κ3) is 2.60. The zero-order valence-electron chi connectivity index (χ0n) is 8.10. The first-order valence-corrected chi connectivity index (χ1v) is 5.28. The molecule has 0 N–H and O–H groups in total. The Kier molecular flexibility index (Phi) is 4.20. The number of allylic oxidation sites excluding steroid dienone is 1. The Balaban J connectivity index is 2.66. The molecule has 5 heteroatoms. The molecule has 0 aliphatic carbocycles. The molecule has 0 spiro atoms. The first-order valence-electron chi connectivity index (χ1n) is 4.30. The van der Waals surface area contributed by atoms with E-state index < -0.39 is 0 Å². The lowest BCUT2D eigenvalue weighted by Crippen LogP contribution is -2.00. The monoisotopic (exact) mass is 208 g/mol. The Labute approximate surface area is 87.6 Å². The van der Waals surface area contributed by atoms with Crippen molar-refractivity contribution in [1.82, 2.24) is 14.8 Å². The van der Waals surface area contributed by atoms with Crippen LogP contribution in [0.15, 0.2) is 17.8 Å². The highest BCUT2D eigenvalue weighted by molar-refractivity contribution is 7.99. The van der Waals surface area contributed by atoms with E-state index in [9.17, 15) is 0 Å². The third-order valence-corrected chi connectivity index (χ3v) is 2.63. The standard InChI is InChI=1S/C9H12N4S/c1-3-6-13-8(2)11-12-9(13)14-7-4-5-10/h3H,1,4,6-7H2,2H3. The molecule has 0 radical (unpaired) electrons. The third-order valence-electron chi connectivity index (χ3n) is 1.66. The van der Waals surface area contributed by atoms with Gasteiger partial charge in [-0.25, -0.2) is 0 Å². The normalized spacial score (nSPS) is 9.71. The van der Waals surface area contributed by atoms with Crippen LogP contribution in [0.2, 0.25) is 0 Å². The summed E-state index contributed by atoms with van der Waals surface area (Å²) in [5.74, 6) is 1.63. The van der Waals surface area contributed by atoms with Crippen LogP contribution in [0, 0.1) is 18.3 Å². The Morgan fingerprint density at radius 1 is 1.64 bits per heavy atom. The van der Waals surface area contributed by atoms with Gasteiger partial charge in [0.05, 0.1) is 6.07 Å². The first kappa shape index (κ1) is 10.8. The summed E-state index contributed by atoms with van der Waals surface area (Å²) in [6, 6.07) is 2.10. The molecular formula is C9H12N4S. The van der Waals surface area contributed by atoms with Crippen LogP contribution >= 0.6 is 11.8 Å². The summed E-state index contributed by atoms with van der Waals surface area (Å²) in [5.41, 5.74) is 0. The fourth-order valence-electron chi connectivity index (χ4n) is 0.996. The number of hydrogen-bond donors (Lipinski definition) is 0. The van der Waals surface area contributed by atoms with E-state index in [0.717, 1.165) is 16.7 Å². The van der Waals surface area contributed by atoms with Crippen LogP contribution in [0.25, 0.3) is 0 Å². The Hall–Kier alpha value is -1.28. The maximum absolute atomic E-state index is 8.40. The van der Waals surface area contributed by atoms with Gasteiger partial charge in [0.15, 0.2) is 5.16 Å². The highest BCUT2D eigenvalue weighted by Gasteiger charge is 2.06. The van der Waals surface area contributed by atoms with Crippen molar-refractivity contribution in [1.29, 1.82) is 5.26 Å². The van der Waals surface area contributed by atoms with Crippen molar-refractivity contribution in [3.8, 4) is 6.07 Å². The van der Waals surface area contributed by atoms with Gasteiger partial charge in [-0.3, -0.25) is 0 Å². The summed E-state index contributed by atoms with van der Waals surface area (Å²) in [7, 11) is 0. The van der Waals surface area contributed by atoms with E-state index in [2.05, 4.69) is 22.8 Å². The van der Waals surface area contributed by atoms with Gasteiger partial charge in [0.2, 0.25) is 0 Å². The summed E-state index contributed by atoms with van der Waals surface area (Å²) in [6.07, 6.45) is 2.34. The summed E-state index contributed by atoms with van der Waals surface area (Å²) >= 11 is 1.55. The highest BCUT2D eigenvalue weighted by atomic mass is 32.2. The molecule has 0 bridgehead atoms. The second kappa shape index (κ2) is 5.45. The molecule has 0 fully saturated rings. The lowest BCUT2D eigenvalue weighted by molar-refractivity contribution is 0.703. The van der Waals surface area contributed by atoms with Crippen molar-refractivity contribution in [3.05, 3.63) is 18.5 Å². The molecule has 0 amide bonds. The highest BCUT2D eigenvalue weighted by Crippen LogP contribution is 2.17. The maximum atomic E-state index is 8.40.